The van der Waals surface area contributed by atoms with Crippen LogP contribution in [0.2, 0.25) is 0 Å². The Bertz CT molecular complexity index is 997. The van der Waals surface area contributed by atoms with Crippen molar-refractivity contribution in [2.75, 3.05) is 19.0 Å². The molecule has 1 aromatic carbocycles. The van der Waals surface area contributed by atoms with Crippen molar-refractivity contribution in [1.82, 2.24) is 25.4 Å². The molecule has 2 aromatic heterocycles. The second-order valence-electron chi connectivity index (χ2n) is 6.32. The molecule has 0 radical (unpaired) electrons. The molecule has 0 saturated heterocycles. The van der Waals surface area contributed by atoms with Crippen molar-refractivity contribution in [1.29, 1.82) is 0 Å². The summed E-state index contributed by atoms with van der Waals surface area (Å²) >= 11 is 0. The topological polar surface area (TPSA) is 93.1 Å². The highest BCUT2D eigenvalue weighted by molar-refractivity contribution is 5.79. The summed E-state index contributed by atoms with van der Waals surface area (Å²) in [7, 11) is 1.59. The molecule has 8 heteroatoms. The highest BCUT2D eigenvalue weighted by Gasteiger charge is 2.14. The van der Waals surface area contributed by atoms with Gasteiger partial charge in [-0.2, -0.15) is 5.10 Å². The average Bonchev–Trinajstić information content (AvgIpc) is 3.24. The van der Waals surface area contributed by atoms with E-state index in [9.17, 15) is 4.79 Å². The van der Waals surface area contributed by atoms with Gasteiger partial charge in [0.1, 0.15) is 5.82 Å². The SMILES string of the molecule is C=C(NC(=O)NCC)Nc1c(C)cc(-c2ccc(OC)nc2)cc1-n1cccn1. The number of urea groups is 1. The molecule has 0 aliphatic carbocycles. The standard InChI is InChI=1S/C21H24N6O2/c1-5-22-21(28)26-15(3)25-20-14(2)11-17(12-18(20)27-10-6-9-24-27)16-7-8-19(29-4)23-13-16/h6-13,25H,3,5H2,1-2,4H3,(H2,22,26,28). The summed E-state index contributed by atoms with van der Waals surface area (Å²) in [5, 5.41) is 12.9. The number of carbonyl (C=O) groups is 1. The van der Waals surface area contributed by atoms with E-state index in [1.807, 2.05) is 50.4 Å². The molecule has 150 valence electrons. The Morgan fingerprint density at radius 1 is 1.28 bits per heavy atom. The van der Waals surface area contributed by atoms with Gasteiger partial charge in [0, 0.05) is 36.8 Å². The number of hydrogen-bond donors (Lipinski definition) is 3. The number of anilines is 1. The lowest BCUT2D eigenvalue weighted by atomic mass is 10.0. The fourth-order valence-corrected chi connectivity index (χ4v) is 2.89. The molecule has 3 aromatic rings. The zero-order valence-electron chi connectivity index (χ0n) is 16.7. The molecule has 0 bridgehead atoms. The van der Waals surface area contributed by atoms with E-state index in [0.717, 1.165) is 28.1 Å². The Morgan fingerprint density at radius 2 is 2.10 bits per heavy atom. The number of aryl methyl sites for hydroxylation is 1. The van der Waals surface area contributed by atoms with E-state index < -0.39 is 0 Å². The van der Waals surface area contributed by atoms with E-state index in [2.05, 4.69) is 32.6 Å². The van der Waals surface area contributed by atoms with Gasteiger partial charge in [-0.05, 0) is 49.2 Å². The van der Waals surface area contributed by atoms with Crippen molar-refractivity contribution in [2.24, 2.45) is 0 Å². The van der Waals surface area contributed by atoms with Crippen LogP contribution in [-0.4, -0.2) is 34.5 Å². The molecule has 0 fully saturated rings. The van der Waals surface area contributed by atoms with Crippen LogP contribution in [0.15, 0.2) is 61.3 Å². The van der Waals surface area contributed by atoms with E-state index in [1.165, 1.54) is 0 Å². The fraction of sp³-hybridized carbons (Fsp3) is 0.190. The van der Waals surface area contributed by atoms with Crippen LogP contribution in [0.25, 0.3) is 16.8 Å². The molecule has 0 aliphatic heterocycles. The summed E-state index contributed by atoms with van der Waals surface area (Å²) in [6, 6.07) is 9.36. The largest absolute Gasteiger partial charge is 0.481 e. The van der Waals surface area contributed by atoms with E-state index in [-0.39, 0.29) is 6.03 Å². The molecule has 3 N–H and O–H groups in total. The van der Waals surface area contributed by atoms with Crippen molar-refractivity contribution in [3.05, 3.63) is 66.9 Å². The summed E-state index contributed by atoms with van der Waals surface area (Å²) in [5.74, 6) is 0.926. The van der Waals surface area contributed by atoms with Crippen LogP contribution in [0.4, 0.5) is 10.5 Å². The number of aromatic nitrogens is 3. The monoisotopic (exact) mass is 392 g/mol. The van der Waals surface area contributed by atoms with Gasteiger partial charge in [0.25, 0.3) is 0 Å². The molecular formula is C21H24N6O2. The molecule has 0 aliphatic rings. The third kappa shape index (κ3) is 4.73. The molecule has 3 rings (SSSR count). The molecule has 0 spiro atoms. The summed E-state index contributed by atoms with van der Waals surface area (Å²) in [6.45, 7) is 8.26. The van der Waals surface area contributed by atoms with Crippen molar-refractivity contribution in [3.8, 4) is 22.7 Å². The predicted molar refractivity (Wildman–Crippen MR) is 113 cm³/mol. The molecule has 0 atom stereocenters. The highest BCUT2D eigenvalue weighted by atomic mass is 16.5. The minimum Gasteiger partial charge on any atom is -0.481 e. The quantitative estimate of drug-likeness (QED) is 0.573. The molecular weight excluding hydrogens is 368 g/mol. The average molecular weight is 392 g/mol. The lowest BCUT2D eigenvalue weighted by Crippen LogP contribution is -2.36. The van der Waals surface area contributed by atoms with E-state index in [1.54, 1.807) is 24.2 Å². The van der Waals surface area contributed by atoms with Gasteiger partial charge in [-0.15, -0.1) is 0 Å². The van der Waals surface area contributed by atoms with Gasteiger partial charge in [-0.25, -0.2) is 14.5 Å². The third-order valence-corrected chi connectivity index (χ3v) is 4.22. The number of nitrogens with zero attached hydrogens (tertiary/aromatic N) is 3. The number of benzene rings is 1. The Kier molecular flexibility index (Phi) is 6.13. The summed E-state index contributed by atoms with van der Waals surface area (Å²) in [4.78, 5) is 16.1. The first kappa shape index (κ1) is 19.9. The van der Waals surface area contributed by atoms with E-state index in [4.69, 9.17) is 4.74 Å². The smallest absolute Gasteiger partial charge is 0.320 e. The predicted octanol–water partition coefficient (Wildman–Crippen LogP) is 3.45. The zero-order chi connectivity index (χ0) is 20.8. The van der Waals surface area contributed by atoms with Crippen molar-refractivity contribution in [2.45, 2.75) is 13.8 Å². The number of hydrogen-bond acceptors (Lipinski definition) is 5. The van der Waals surface area contributed by atoms with E-state index >= 15 is 0 Å². The minimum absolute atomic E-state index is 0.316. The van der Waals surface area contributed by atoms with Gasteiger partial charge in [0.05, 0.1) is 18.5 Å². The number of nitrogens with one attached hydrogen (secondary N) is 3. The summed E-state index contributed by atoms with van der Waals surface area (Å²) in [5.41, 5.74) is 4.51. The number of methoxy groups -OCH3 is 1. The lowest BCUT2D eigenvalue weighted by Gasteiger charge is -2.19. The molecule has 2 amide bonds. The zero-order valence-corrected chi connectivity index (χ0v) is 16.7. The molecule has 0 saturated carbocycles. The Morgan fingerprint density at radius 3 is 2.72 bits per heavy atom. The van der Waals surface area contributed by atoms with Crippen LogP contribution in [0, 0.1) is 6.92 Å². The summed E-state index contributed by atoms with van der Waals surface area (Å²) < 4.78 is 6.90. The van der Waals surface area contributed by atoms with Crippen LogP contribution in [0.5, 0.6) is 5.88 Å². The second kappa shape index (κ2) is 8.92. The van der Waals surface area contributed by atoms with Gasteiger partial charge < -0.3 is 15.4 Å². The minimum atomic E-state index is -0.316. The first-order valence-corrected chi connectivity index (χ1v) is 9.17. The molecule has 2 heterocycles. The van der Waals surface area contributed by atoms with Crippen LogP contribution in [0.1, 0.15) is 12.5 Å². The first-order valence-electron chi connectivity index (χ1n) is 9.17. The third-order valence-electron chi connectivity index (χ3n) is 4.22. The number of ether oxygens (including phenoxy) is 1. The Labute approximate surface area is 169 Å². The normalized spacial score (nSPS) is 10.3. The molecule has 29 heavy (non-hydrogen) atoms. The van der Waals surface area contributed by atoms with Crippen LogP contribution in [0.3, 0.4) is 0 Å². The number of pyridine rings is 1. The highest BCUT2D eigenvalue weighted by Crippen LogP contribution is 2.32. The maximum Gasteiger partial charge on any atom is 0.320 e. The van der Waals surface area contributed by atoms with Crippen molar-refractivity contribution >= 4 is 11.7 Å². The first-order chi connectivity index (χ1) is 14.0. The number of rotatable bonds is 7. The van der Waals surface area contributed by atoms with E-state index in [0.29, 0.717) is 18.2 Å². The maximum atomic E-state index is 11.8. The number of carbonyl (C=O) groups excluding carboxylic acids is 1. The van der Waals surface area contributed by atoms with Crippen LogP contribution >= 0.6 is 0 Å². The Balaban J connectivity index is 1.97. The maximum absolute atomic E-state index is 11.8. The van der Waals surface area contributed by atoms with Gasteiger partial charge in [-0.1, -0.05) is 6.58 Å². The van der Waals surface area contributed by atoms with Crippen LogP contribution in [-0.2, 0) is 0 Å². The number of amides is 2. The van der Waals surface area contributed by atoms with Gasteiger partial charge in [0.15, 0.2) is 0 Å². The summed E-state index contributed by atoms with van der Waals surface area (Å²) in [6.07, 6.45) is 5.33. The van der Waals surface area contributed by atoms with Crippen molar-refractivity contribution in [3.63, 3.8) is 0 Å². The van der Waals surface area contributed by atoms with Gasteiger partial charge in [-0.3, -0.25) is 5.32 Å². The fourth-order valence-electron chi connectivity index (χ4n) is 2.89. The second-order valence-corrected chi connectivity index (χ2v) is 6.32. The van der Waals surface area contributed by atoms with Gasteiger partial charge >= 0.3 is 6.03 Å². The van der Waals surface area contributed by atoms with Crippen LogP contribution < -0.4 is 20.7 Å². The lowest BCUT2D eigenvalue weighted by molar-refractivity contribution is 0.244. The molecule has 8 nitrogen and oxygen atoms in total. The Hall–Kier alpha value is -3.81. The van der Waals surface area contributed by atoms with Gasteiger partial charge in [0.2, 0.25) is 5.88 Å². The molecule has 0 unspecified atom stereocenters. The van der Waals surface area contributed by atoms with Crippen molar-refractivity contribution < 1.29 is 9.53 Å².